The number of rotatable bonds is 44. The van der Waals surface area contributed by atoms with Crippen LogP contribution in [0.3, 0.4) is 0 Å². The van der Waals surface area contributed by atoms with Gasteiger partial charge in [0.15, 0.2) is 0 Å². The normalized spacial score (nSPS) is 10.3. The van der Waals surface area contributed by atoms with Crippen LogP contribution in [0.25, 0.3) is 0 Å². The third-order valence-electron chi connectivity index (χ3n) is 11.7. The van der Waals surface area contributed by atoms with E-state index in [0.29, 0.717) is 0 Å². The zero-order valence-electron chi connectivity index (χ0n) is 52.1. The largest absolute Gasteiger partial charge is 4.00 e. The molecule has 0 atom stereocenters. The minimum Gasteiger partial charge on any atom is -0.854 e. The second-order valence-corrected chi connectivity index (χ2v) is 24.5. The molecule has 75 heavy (non-hydrogen) atoms. The second-order valence-electron chi connectivity index (χ2n) is 21.4. The first-order valence-electron chi connectivity index (χ1n) is 31.1. The molecule has 0 aromatic rings. The first kappa shape index (κ1) is 94.3. The van der Waals surface area contributed by atoms with E-state index in [1.165, 1.54) is 128 Å². The molecule has 0 spiro atoms. The molecule has 0 aliphatic carbocycles. The summed E-state index contributed by atoms with van der Waals surface area (Å²) in [4.78, 5) is 20.4. The van der Waals surface area contributed by atoms with Gasteiger partial charge >= 0.3 is 38.2 Å². The molecule has 0 amide bonds. The molecule has 0 aromatic heterocycles. The van der Waals surface area contributed by atoms with Crippen LogP contribution in [0, 0.1) is 17.8 Å². The van der Waals surface area contributed by atoms with Gasteiger partial charge in [-0.2, -0.15) is 0 Å². The summed E-state index contributed by atoms with van der Waals surface area (Å²) in [6.45, 7) is 27.2. The van der Waals surface area contributed by atoms with Crippen LogP contribution >= 0.6 is 0 Å². The quantitative estimate of drug-likeness (QED) is 0.0329. The van der Waals surface area contributed by atoms with Crippen molar-refractivity contribution in [3.63, 3.8) is 0 Å². The Kier molecular flexibility index (Phi) is 117. The van der Waals surface area contributed by atoms with E-state index >= 15 is 0 Å². The Bertz CT molecular complexity index is 896. The molecule has 8 nitrogen and oxygen atoms in total. The number of hydrogen-bond acceptors (Lipinski definition) is 8. The standard InChI is InChI=1S/2C18H34O2.4C4H9O.3C4H9.Al.Ni.Ti/c2*1-2-3-4-5-6-7-8-9-10-11-12-13-14-15-16-17-18(19)20;4*1-2-3-4-5;3*1-4(2)3;;;/h2*9-10H,2-8,11-17H2,1H3,(H,19,20);4*2-4H2,1H3;3*4H,1H2,2-3H3;;;/q;;4*-1;;;;;+2;+4/p-2/b2*10-9-;;;;;;;;;;. The fourth-order valence-corrected chi connectivity index (χ4v) is 12.1. The third-order valence-corrected chi connectivity index (χ3v) is 16.5. The van der Waals surface area contributed by atoms with Crippen molar-refractivity contribution in [1.82, 2.24) is 0 Å². The minimum absolute atomic E-state index is 0. The number of allylic oxidation sites excluding steroid dienone is 4. The fourth-order valence-electron chi connectivity index (χ4n) is 7.55. The van der Waals surface area contributed by atoms with Gasteiger partial charge < -0.3 is 40.2 Å². The van der Waals surface area contributed by atoms with Crippen molar-refractivity contribution in [2.24, 2.45) is 17.8 Å². The Labute approximate surface area is 499 Å². The number of aliphatic carboxylic acids is 2. The van der Waals surface area contributed by atoms with Gasteiger partial charge in [0.25, 0.3) is 14.1 Å². The summed E-state index contributed by atoms with van der Waals surface area (Å²) >= 11 is -0.407. The Morgan fingerprint density at radius 2 is 0.520 bits per heavy atom. The van der Waals surface area contributed by atoms with Gasteiger partial charge in [0.1, 0.15) is 0 Å². The molecular formula is C64H129AlNiO8Ti. The summed E-state index contributed by atoms with van der Waals surface area (Å²) in [5, 5.41) is 63.2. The summed E-state index contributed by atoms with van der Waals surface area (Å²) in [5.41, 5.74) is 0. The maximum Gasteiger partial charge on any atom is 4.00 e. The third kappa shape index (κ3) is 132. The molecule has 0 aliphatic heterocycles. The Morgan fingerprint density at radius 1 is 0.333 bits per heavy atom. The summed E-state index contributed by atoms with van der Waals surface area (Å²) in [6.07, 6.45) is 49.3. The average Bonchev–Trinajstić information content (AvgIpc) is 3.33. The number of carbonyl (C=O) groups excluding carboxylic acids is 2. The van der Waals surface area contributed by atoms with Gasteiger partial charge in [-0.25, -0.2) is 0 Å². The molecule has 0 heterocycles. The smallest absolute Gasteiger partial charge is 0.854 e. The van der Waals surface area contributed by atoms with Crippen LogP contribution in [-0.4, -0.2) is 52.5 Å². The van der Waals surface area contributed by atoms with E-state index in [9.17, 15) is 40.2 Å². The van der Waals surface area contributed by atoms with E-state index in [-0.39, 0.29) is 77.5 Å². The number of unbranched alkanes of at least 4 members (excludes halogenated alkanes) is 26. The van der Waals surface area contributed by atoms with Crippen LogP contribution < -0.4 is 30.6 Å². The van der Waals surface area contributed by atoms with Crippen LogP contribution in [0.4, 0.5) is 0 Å². The summed E-state index contributed by atoms with van der Waals surface area (Å²) < 4.78 is 0. The Morgan fingerprint density at radius 3 is 0.680 bits per heavy atom. The monoisotopic (exact) mass is 1160 g/mol. The molecular weight excluding hydrogens is 1030 g/mol. The molecule has 11 heteroatoms. The van der Waals surface area contributed by atoms with Crippen LogP contribution in [-0.2, 0) is 47.8 Å². The molecule has 0 N–H and O–H groups in total. The first-order valence-corrected chi connectivity index (χ1v) is 33.6. The van der Waals surface area contributed by atoms with E-state index in [0.717, 1.165) is 108 Å². The predicted octanol–water partition coefficient (Wildman–Crippen LogP) is 14.6. The molecule has 0 aromatic carbocycles. The van der Waals surface area contributed by atoms with Crippen LogP contribution in [0.2, 0.25) is 15.8 Å². The molecule has 0 aliphatic rings. The predicted molar refractivity (Wildman–Crippen MR) is 313 cm³/mol. The van der Waals surface area contributed by atoms with Crippen molar-refractivity contribution in [3.05, 3.63) is 24.3 Å². The van der Waals surface area contributed by atoms with Gasteiger partial charge in [0.05, 0.1) is 0 Å². The van der Waals surface area contributed by atoms with Gasteiger partial charge in [0, 0.05) is 11.9 Å². The molecule has 0 saturated heterocycles. The minimum atomic E-state index is -0.914. The second kappa shape index (κ2) is 93.3. The molecule has 0 rings (SSSR count). The van der Waals surface area contributed by atoms with E-state index in [2.05, 4.69) is 79.7 Å². The van der Waals surface area contributed by atoms with Crippen molar-refractivity contribution in [2.45, 2.75) is 330 Å². The van der Waals surface area contributed by atoms with E-state index in [1.54, 1.807) is 15.8 Å². The number of carboxylic acid groups (broad SMARTS) is 2. The van der Waals surface area contributed by atoms with E-state index in [1.807, 2.05) is 27.7 Å². The SMILES string of the molecule is CC(C)[CH2][Al]([CH2]C(C)C)[CH2]C(C)C.CCCCCCCC/C=C\CCCCCCCC(=O)[O-].CCCCCCCC/C=C\CCCCCCCC(=O)[O-].CCCC[O-].CCCC[O-].CCCC[O-].CCCC[O-].[Ni+2].[Ti+4]. The zero-order chi connectivity index (χ0) is 56.7. The molecule has 450 valence electrons. The van der Waals surface area contributed by atoms with E-state index < -0.39 is 26.1 Å². The molecule has 0 fully saturated rings. The Balaban J connectivity index is -0.000000105. The van der Waals surface area contributed by atoms with Gasteiger partial charge in [-0.05, 0) is 77.0 Å². The van der Waals surface area contributed by atoms with Gasteiger partial charge in [0.2, 0.25) is 0 Å². The zero-order valence-corrected chi connectivity index (χ0v) is 55.8. The van der Waals surface area contributed by atoms with Crippen molar-refractivity contribution in [3.8, 4) is 0 Å². The van der Waals surface area contributed by atoms with Gasteiger partial charge in [-0.1, -0.05) is 295 Å². The topological polar surface area (TPSA) is 172 Å². The fraction of sp³-hybridized carbons (Fsp3) is 0.906. The molecule has 0 bridgehead atoms. The van der Waals surface area contributed by atoms with Crippen LogP contribution in [0.1, 0.15) is 314 Å². The van der Waals surface area contributed by atoms with Crippen molar-refractivity contribution < 1.29 is 78.4 Å². The number of carboxylic acids is 2. The van der Waals surface area contributed by atoms with Crippen LogP contribution in [0.5, 0.6) is 0 Å². The molecule has 0 saturated carbocycles. The molecule has 0 unspecified atom stereocenters. The number of carbonyl (C=O) groups is 2. The van der Waals surface area contributed by atoms with Gasteiger partial charge in [-0.15, -0.1) is 26.4 Å². The summed E-state index contributed by atoms with van der Waals surface area (Å²) in [6, 6.07) is 0. The summed E-state index contributed by atoms with van der Waals surface area (Å²) in [7, 11) is 0. The average molecular weight is 1160 g/mol. The maximum absolute atomic E-state index is 10.2. The maximum atomic E-state index is 10.2. The number of hydrogen-bond donors (Lipinski definition) is 0. The first-order chi connectivity index (χ1) is 35.1. The van der Waals surface area contributed by atoms with Crippen molar-refractivity contribution in [1.29, 1.82) is 0 Å². The van der Waals surface area contributed by atoms with Gasteiger partial charge in [-0.3, -0.25) is 0 Å². The Hall–Kier alpha value is 0.000260. The van der Waals surface area contributed by atoms with Crippen molar-refractivity contribution >= 4 is 26.1 Å². The summed E-state index contributed by atoms with van der Waals surface area (Å²) in [5.74, 6) is 0.947. The van der Waals surface area contributed by atoms with E-state index in [4.69, 9.17) is 0 Å². The van der Waals surface area contributed by atoms with Crippen LogP contribution in [0.15, 0.2) is 24.3 Å². The molecule has 0 radical (unpaired) electrons. The van der Waals surface area contributed by atoms with Crippen molar-refractivity contribution in [2.75, 3.05) is 26.4 Å².